The first-order valence-electron chi connectivity index (χ1n) is 4.94. The van der Waals surface area contributed by atoms with Crippen LogP contribution in [-0.2, 0) is 9.53 Å². The van der Waals surface area contributed by atoms with Gasteiger partial charge >= 0.3 is 5.97 Å². The summed E-state index contributed by atoms with van der Waals surface area (Å²) in [5.41, 5.74) is 0. The summed E-state index contributed by atoms with van der Waals surface area (Å²) >= 11 is 0. The lowest BCUT2D eigenvalue weighted by Gasteiger charge is -2.03. The van der Waals surface area contributed by atoms with E-state index in [4.69, 9.17) is 14.0 Å². The maximum absolute atomic E-state index is 11.1. The first-order valence-corrected chi connectivity index (χ1v) is 4.94. The Bertz CT molecular complexity index is 308. The van der Waals surface area contributed by atoms with E-state index >= 15 is 0 Å². The van der Waals surface area contributed by atoms with Crippen molar-refractivity contribution in [2.45, 2.75) is 26.7 Å². The summed E-state index contributed by atoms with van der Waals surface area (Å²) in [5.74, 6) is 0.563. The molecule has 1 rings (SSSR count). The van der Waals surface area contributed by atoms with E-state index in [1.54, 1.807) is 13.0 Å². The average molecular weight is 213 g/mol. The van der Waals surface area contributed by atoms with Crippen molar-refractivity contribution < 1.29 is 18.8 Å². The summed E-state index contributed by atoms with van der Waals surface area (Å²) < 4.78 is 14.7. The predicted octanol–water partition coefficient (Wildman–Crippen LogP) is 1.71. The minimum Gasteiger partial charge on any atom is -0.463 e. The zero-order valence-corrected chi connectivity index (χ0v) is 8.99. The fraction of sp³-hybridized carbons (Fsp3) is 0.600. The van der Waals surface area contributed by atoms with Crippen LogP contribution in [0, 0.1) is 6.92 Å². The van der Waals surface area contributed by atoms with E-state index in [9.17, 15) is 4.79 Å². The number of carbonyl (C=O) groups is 1. The van der Waals surface area contributed by atoms with Gasteiger partial charge in [0, 0.05) is 6.07 Å². The van der Waals surface area contributed by atoms with Crippen molar-refractivity contribution in [3.8, 4) is 5.88 Å². The molecule has 5 nitrogen and oxygen atoms in total. The zero-order valence-electron chi connectivity index (χ0n) is 8.99. The molecule has 1 aromatic heterocycles. The van der Waals surface area contributed by atoms with Gasteiger partial charge in [-0.15, -0.1) is 0 Å². The highest BCUT2D eigenvalue weighted by molar-refractivity contribution is 5.70. The highest BCUT2D eigenvalue weighted by atomic mass is 16.6. The third-order valence-corrected chi connectivity index (χ3v) is 1.71. The van der Waals surface area contributed by atoms with Crippen LogP contribution in [0.5, 0.6) is 5.88 Å². The molecule has 0 unspecified atom stereocenters. The molecule has 0 radical (unpaired) electrons. The highest BCUT2D eigenvalue weighted by Gasteiger charge is 2.06. The average Bonchev–Trinajstić information content (AvgIpc) is 2.62. The van der Waals surface area contributed by atoms with Crippen LogP contribution in [0.15, 0.2) is 10.6 Å². The van der Waals surface area contributed by atoms with Crippen LogP contribution in [0.3, 0.4) is 0 Å². The van der Waals surface area contributed by atoms with Gasteiger partial charge in [0.1, 0.15) is 5.76 Å². The number of rotatable bonds is 6. The molecule has 0 atom stereocenters. The second-order valence-electron chi connectivity index (χ2n) is 3.14. The molecule has 0 aliphatic heterocycles. The molecule has 0 aromatic carbocycles. The first-order chi connectivity index (χ1) is 7.22. The van der Waals surface area contributed by atoms with Crippen LogP contribution in [0.4, 0.5) is 0 Å². The van der Waals surface area contributed by atoms with E-state index < -0.39 is 0 Å². The SMILES string of the molecule is CCCCOC(=O)COc1cc(C)on1. The minimum absolute atomic E-state index is 0.129. The Labute approximate surface area is 88.3 Å². The lowest BCUT2D eigenvalue weighted by atomic mass is 10.4. The van der Waals surface area contributed by atoms with Crippen molar-refractivity contribution in [1.29, 1.82) is 0 Å². The topological polar surface area (TPSA) is 61.6 Å². The van der Waals surface area contributed by atoms with Crippen LogP contribution in [-0.4, -0.2) is 24.3 Å². The maximum atomic E-state index is 11.1. The second kappa shape index (κ2) is 6.06. The number of carbonyl (C=O) groups excluding carboxylic acids is 1. The van der Waals surface area contributed by atoms with E-state index in [1.165, 1.54) is 0 Å². The van der Waals surface area contributed by atoms with E-state index in [2.05, 4.69) is 5.16 Å². The molecular weight excluding hydrogens is 198 g/mol. The smallest absolute Gasteiger partial charge is 0.344 e. The quantitative estimate of drug-likeness (QED) is 0.531. The Hall–Kier alpha value is -1.52. The number of aryl methyl sites for hydroxylation is 1. The standard InChI is InChI=1S/C10H15NO4/c1-3-4-5-13-10(12)7-14-9-6-8(2)15-11-9/h6H,3-5,7H2,1-2H3. The van der Waals surface area contributed by atoms with Gasteiger partial charge < -0.3 is 14.0 Å². The number of esters is 1. The Morgan fingerprint density at radius 3 is 3.00 bits per heavy atom. The summed E-state index contributed by atoms with van der Waals surface area (Å²) in [4.78, 5) is 11.1. The van der Waals surface area contributed by atoms with Gasteiger partial charge in [-0.3, -0.25) is 0 Å². The van der Waals surface area contributed by atoms with Crippen LogP contribution >= 0.6 is 0 Å². The van der Waals surface area contributed by atoms with Crippen molar-refractivity contribution in [3.63, 3.8) is 0 Å². The van der Waals surface area contributed by atoms with Crippen LogP contribution < -0.4 is 4.74 Å². The first kappa shape index (κ1) is 11.6. The molecule has 0 bridgehead atoms. The molecule has 0 saturated heterocycles. The molecule has 0 amide bonds. The van der Waals surface area contributed by atoms with Crippen molar-refractivity contribution >= 4 is 5.97 Å². The predicted molar refractivity (Wildman–Crippen MR) is 52.6 cm³/mol. The van der Waals surface area contributed by atoms with E-state index in [0.717, 1.165) is 12.8 Å². The molecule has 0 aliphatic rings. The fourth-order valence-electron chi connectivity index (χ4n) is 0.916. The van der Waals surface area contributed by atoms with Crippen molar-refractivity contribution in [3.05, 3.63) is 11.8 Å². The van der Waals surface area contributed by atoms with Gasteiger partial charge in [0.25, 0.3) is 5.88 Å². The molecule has 1 aromatic rings. The van der Waals surface area contributed by atoms with Crippen LogP contribution in [0.25, 0.3) is 0 Å². The van der Waals surface area contributed by atoms with Crippen molar-refractivity contribution in [2.24, 2.45) is 0 Å². The molecule has 15 heavy (non-hydrogen) atoms. The summed E-state index contributed by atoms with van der Waals surface area (Å²) in [7, 11) is 0. The van der Waals surface area contributed by atoms with Gasteiger partial charge in [0.2, 0.25) is 0 Å². The molecular formula is C10H15NO4. The Morgan fingerprint density at radius 1 is 1.60 bits per heavy atom. The number of nitrogens with zero attached hydrogens (tertiary/aromatic N) is 1. The highest BCUT2D eigenvalue weighted by Crippen LogP contribution is 2.09. The van der Waals surface area contributed by atoms with Crippen LogP contribution in [0.1, 0.15) is 25.5 Å². The third kappa shape index (κ3) is 4.49. The van der Waals surface area contributed by atoms with Gasteiger partial charge in [-0.2, -0.15) is 0 Å². The van der Waals surface area contributed by atoms with Gasteiger partial charge in [0.15, 0.2) is 6.61 Å². The number of unbranched alkanes of at least 4 members (excludes halogenated alkanes) is 1. The zero-order chi connectivity index (χ0) is 11.1. The molecule has 0 N–H and O–H groups in total. The largest absolute Gasteiger partial charge is 0.463 e. The number of hydrogen-bond donors (Lipinski definition) is 0. The van der Waals surface area contributed by atoms with E-state index in [0.29, 0.717) is 18.2 Å². The van der Waals surface area contributed by atoms with E-state index in [-0.39, 0.29) is 12.6 Å². The van der Waals surface area contributed by atoms with Gasteiger partial charge in [0.05, 0.1) is 6.61 Å². The van der Waals surface area contributed by atoms with Crippen molar-refractivity contribution in [2.75, 3.05) is 13.2 Å². The molecule has 0 fully saturated rings. The molecule has 0 saturated carbocycles. The molecule has 0 spiro atoms. The fourth-order valence-corrected chi connectivity index (χ4v) is 0.916. The van der Waals surface area contributed by atoms with Gasteiger partial charge in [-0.05, 0) is 18.5 Å². The summed E-state index contributed by atoms with van der Waals surface area (Å²) in [6.07, 6.45) is 1.87. The lowest BCUT2D eigenvalue weighted by molar-refractivity contribution is -0.146. The molecule has 84 valence electrons. The number of ether oxygens (including phenoxy) is 2. The Balaban J connectivity index is 2.16. The maximum Gasteiger partial charge on any atom is 0.344 e. The normalized spacial score (nSPS) is 10.0. The molecule has 5 heteroatoms. The molecule has 0 aliphatic carbocycles. The summed E-state index contributed by atoms with van der Waals surface area (Å²) in [5, 5.41) is 3.58. The number of hydrogen-bond acceptors (Lipinski definition) is 5. The number of aromatic nitrogens is 1. The molecule has 1 heterocycles. The Morgan fingerprint density at radius 2 is 2.40 bits per heavy atom. The van der Waals surface area contributed by atoms with Gasteiger partial charge in [-0.1, -0.05) is 13.3 Å². The van der Waals surface area contributed by atoms with Gasteiger partial charge in [-0.25, -0.2) is 4.79 Å². The summed E-state index contributed by atoms with van der Waals surface area (Å²) in [6, 6.07) is 1.61. The summed E-state index contributed by atoms with van der Waals surface area (Å²) in [6.45, 7) is 4.09. The van der Waals surface area contributed by atoms with E-state index in [1.807, 2.05) is 6.92 Å². The van der Waals surface area contributed by atoms with Crippen molar-refractivity contribution in [1.82, 2.24) is 5.16 Å². The second-order valence-corrected chi connectivity index (χ2v) is 3.14. The minimum atomic E-state index is -0.385. The monoisotopic (exact) mass is 213 g/mol. The third-order valence-electron chi connectivity index (χ3n) is 1.71. The lowest BCUT2D eigenvalue weighted by Crippen LogP contribution is -2.15. The Kier molecular flexibility index (Phi) is 4.66. The van der Waals surface area contributed by atoms with Crippen LogP contribution in [0.2, 0.25) is 0 Å².